The largest absolute Gasteiger partial charge is 0.477 e. The van der Waals surface area contributed by atoms with E-state index in [4.69, 9.17) is 9.84 Å². The van der Waals surface area contributed by atoms with E-state index < -0.39 is 11.5 Å². The summed E-state index contributed by atoms with van der Waals surface area (Å²) in [5, 5.41) is 8.95. The monoisotopic (exact) mass is 253 g/mol. The summed E-state index contributed by atoms with van der Waals surface area (Å²) in [6, 6.07) is 3.09. The van der Waals surface area contributed by atoms with Gasteiger partial charge in [-0.15, -0.1) is 0 Å². The molecule has 0 saturated carbocycles. The molecule has 0 aliphatic heterocycles. The Labute approximate surface area is 106 Å². The van der Waals surface area contributed by atoms with Crippen LogP contribution in [-0.4, -0.2) is 29.4 Å². The smallest absolute Gasteiger partial charge is 0.341 e. The third-order valence-corrected chi connectivity index (χ3v) is 2.76. The van der Waals surface area contributed by atoms with Gasteiger partial charge in [-0.1, -0.05) is 13.8 Å². The molecule has 0 aliphatic rings. The number of ether oxygens (including phenoxy) is 1. The van der Waals surface area contributed by atoms with Crippen molar-refractivity contribution in [2.24, 2.45) is 0 Å². The van der Waals surface area contributed by atoms with Gasteiger partial charge in [0.1, 0.15) is 5.56 Å². The summed E-state index contributed by atoms with van der Waals surface area (Å²) < 4.78 is 6.48. The molecule has 0 amide bonds. The standard InChI is InChI=1S/C13H19NO4/c1-9(2)11-6-5-10(13(16)17)12(15)14(11)7-4-8-18-3/h5-6,9H,4,7-8H2,1-3H3,(H,16,17). The van der Waals surface area contributed by atoms with E-state index in [9.17, 15) is 9.59 Å². The van der Waals surface area contributed by atoms with Crippen LogP contribution >= 0.6 is 0 Å². The molecule has 0 fully saturated rings. The fourth-order valence-corrected chi connectivity index (χ4v) is 1.86. The second kappa shape index (κ2) is 6.35. The molecule has 1 aromatic heterocycles. The lowest BCUT2D eigenvalue weighted by molar-refractivity contribution is 0.0694. The van der Waals surface area contributed by atoms with Crippen LogP contribution in [0.5, 0.6) is 0 Å². The van der Waals surface area contributed by atoms with Crippen molar-refractivity contribution < 1.29 is 14.6 Å². The van der Waals surface area contributed by atoms with Crippen LogP contribution < -0.4 is 5.56 Å². The van der Waals surface area contributed by atoms with Gasteiger partial charge >= 0.3 is 5.97 Å². The molecule has 0 bridgehead atoms. The van der Waals surface area contributed by atoms with E-state index in [1.54, 1.807) is 13.2 Å². The Hall–Kier alpha value is -1.62. The van der Waals surface area contributed by atoms with Crippen LogP contribution in [0.2, 0.25) is 0 Å². The first-order valence-corrected chi connectivity index (χ1v) is 5.95. The minimum Gasteiger partial charge on any atom is -0.477 e. The maximum atomic E-state index is 12.1. The number of carbonyl (C=O) groups is 1. The van der Waals surface area contributed by atoms with Crippen molar-refractivity contribution in [1.82, 2.24) is 4.57 Å². The number of hydrogen-bond acceptors (Lipinski definition) is 3. The van der Waals surface area contributed by atoms with Crippen LogP contribution in [-0.2, 0) is 11.3 Å². The molecule has 1 rings (SSSR count). The van der Waals surface area contributed by atoms with Gasteiger partial charge in [0.2, 0.25) is 0 Å². The van der Waals surface area contributed by atoms with Crippen LogP contribution in [0.4, 0.5) is 0 Å². The maximum absolute atomic E-state index is 12.1. The predicted octanol–water partition coefficient (Wildman–Crippen LogP) is 1.71. The summed E-state index contributed by atoms with van der Waals surface area (Å²) in [4.78, 5) is 23.0. The van der Waals surface area contributed by atoms with Gasteiger partial charge in [0.05, 0.1) is 0 Å². The summed E-state index contributed by atoms with van der Waals surface area (Å²) in [5.74, 6) is -1.01. The second-order valence-corrected chi connectivity index (χ2v) is 4.43. The van der Waals surface area contributed by atoms with Crippen LogP contribution in [0.15, 0.2) is 16.9 Å². The summed E-state index contributed by atoms with van der Waals surface area (Å²) in [6.07, 6.45) is 0.680. The van der Waals surface area contributed by atoms with Crippen LogP contribution in [0.1, 0.15) is 42.2 Å². The summed E-state index contributed by atoms with van der Waals surface area (Å²) in [6.45, 7) is 4.96. The van der Waals surface area contributed by atoms with E-state index in [0.29, 0.717) is 19.6 Å². The van der Waals surface area contributed by atoms with Crippen molar-refractivity contribution in [3.8, 4) is 0 Å². The van der Waals surface area contributed by atoms with Crippen LogP contribution in [0.25, 0.3) is 0 Å². The molecule has 18 heavy (non-hydrogen) atoms. The first kappa shape index (κ1) is 14.4. The highest BCUT2D eigenvalue weighted by Gasteiger charge is 2.15. The second-order valence-electron chi connectivity index (χ2n) is 4.43. The SMILES string of the molecule is COCCCn1c(C(C)C)ccc(C(=O)O)c1=O. The molecule has 0 unspecified atom stereocenters. The lowest BCUT2D eigenvalue weighted by atomic mass is 10.1. The average molecular weight is 253 g/mol. The Kier molecular flexibility index (Phi) is 5.09. The van der Waals surface area contributed by atoms with Gasteiger partial charge in [0, 0.05) is 26.0 Å². The van der Waals surface area contributed by atoms with Gasteiger partial charge in [0.25, 0.3) is 5.56 Å². The highest BCUT2D eigenvalue weighted by molar-refractivity contribution is 5.87. The molecular formula is C13H19NO4. The van der Waals surface area contributed by atoms with Crippen molar-refractivity contribution in [3.63, 3.8) is 0 Å². The Balaban J connectivity index is 3.19. The maximum Gasteiger partial charge on any atom is 0.341 e. The Morgan fingerprint density at radius 2 is 2.11 bits per heavy atom. The molecular weight excluding hydrogens is 234 g/mol. The number of carboxylic acids is 1. The highest BCUT2D eigenvalue weighted by atomic mass is 16.5. The summed E-state index contributed by atoms with van der Waals surface area (Å²) in [7, 11) is 1.60. The Bertz CT molecular complexity index is 476. The van der Waals surface area contributed by atoms with Gasteiger partial charge in [-0.2, -0.15) is 0 Å². The van der Waals surface area contributed by atoms with E-state index in [-0.39, 0.29) is 11.5 Å². The zero-order chi connectivity index (χ0) is 13.7. The van der Waals surface area contributed by atoms with Crippen LogP contribution in [0, 0.1) is 0 Å². The predicted molar refractivity (Wildman–Crippen MR) is 68.2 cm³/mol. The number of nitrogens with zero attached hydrogens (tertiary/aromatic N) is 1. The number of carboxylic acid groups (broad SMARTS) is 1. The molecule has 5 heteroatoms. The quantitative estimate of drug-likeness (QED) is 0.783. The minimum atomic E-state index is -1.18. The van der Waals surface area contributed by atoms with Gasteiger partial charge in [-0.25, -0.2) is 4.79 Å². The van der Waals surface area contributed by atoms with Crippen molar-refractivity contribution in [1.29, 1.82) is 0 Å². The molecule has 0 spiro atoms. The highest BCUT2D eigenvalue weighted by Crippen LogP contribution is 2.13. The molecule has 1 N–H and O–H groups in total. The molecule has 0 aliphatic carbocycles. The van der Waals surface area contributed by atoms with Crippen molar-refractivity contribution in [3.05, 3.63) is 33.7 Å². The lowest BCUT2D eigenvalue weighted by Gasteiger charge is -2.16. The van der Waals surface area contributed by atoms with Crippen LogP contribution in [0.3, 0.4) is 0 Å². The molecule has 5 nitrogen and oxygen atoms in total. The molecule has 0 saturated heterocycles. The summed E-state index contributed by atoms with van der Waals surface area (Å²) >= 11 is 0. The third kappa shape index (κ3) is 3.20. The van der Waals surface area contributed by atoms with Gasteiger partial charge in [-0.3, -0.25) is 4.79 Å². The molecule has 0 atom stereocenters. The molecule has 0 aromatic carbocycles. The van der Waals surface area contributed by atoms with Crippen molar-refractivity contribution in [2.75, 3.05) is 13.7 Å². The summed E-state index contributed by atoms with van der Waals surface area (Å²) in [5.41, 5.74) is 0.225. The zero-order valence-electron chi connectivity index (χ0n) is 11.0. The van der Waals surface area contributed by atoms with E-state index >= 15 is 0 Å². The first-order valence-electron chi connectivity index (χ1n) is 5.95. The molecule has 1 aromatic rings. The third-order valence-electron chi connectivity index (χ3n) is 2.76. The van der Waals surface area contributed by atoms with Crippen molar-refractivity contribution >= 4 is 5.97 Å². The van der Waals surface area contributed by atoms with E-state index in [1.165, 1.54) is 10.6 Å². The average Bonchev–Trinajstić information content (AvgIpc) is 2.30. The number of hydrogen-bond donors (Lipinski definition) is 1. The molecule has 1 heterocycles. The Morgan fingerprint density at radius 1 is 1.44 bits per heavy atom. The van der Waals surface area contributed by atoms with Gasteiger partial charge < -0.3 is 14.4 Å². The fraction of sp³-hybridized carbons (Fsp3) is 0.538. The zero-order valence-corrected chi connectivity index (χ0v) is 11.0. The van der Waals surface area contributed by atoms with E-state index in [0.717, 1.165) is 5.69 Å². The number of pyridine rings is 1. The Morgan fingerprint density at radius 3 is 2.61 bits per heavy atom. The number of methoxy groups -OCH3 is 1. The van der Waals surface area contributed by atoms with Gasteiger partial charge in [0.15, 0.2) is 0 Å². The fourth-order valence-electron chi connectivity index (χ4n) is 1.86. The number of rotatable bonds is 6. The topological polar surface area (TPSA) is 68.5 Å². The van der Waals surface area contributed by atoms with Crippen molar-refractivity contribution in [2.45, 2.75) is 32.7 Å². The van der Waals surface area contributed by atoms with E-state index in [1.807, 2.05) is 13.8 Å². The molecule has 100 valence electrons. The normalized spacial score (nSPS) is 10.9. The first-order chi connectivity index (χ1) is 8.49. The number of aromatic nitrogens is 1. The van der Waals surface area contributed by atoms with E-state index in [2.05, 4.69) is 0 Å². The lowest BCUT2D eigenvalue weighted by Crippen LogP contribution is -2.29. The van der Waals surface area contributed by atoms with Gasteiger partial charge in [-0.05, 0) is 24.5 Å². The minimum absolute atomic E-state index is 0.170. The molecule has 0 radical (unpaired) electrons. The number of aromatic carboxylic acids is 1.